The van der Waals surface area contributed by atoms with Gasteiger partial charge < -0.3 is 5.73 Å². The third kappa shape index (κ3) is 2.41. The summed E-state index contributed by atoms with van der Waals surface area (Å²) in [5.41, 5.74) is 6.67. The molecule has 3 heteroatoms. The molecule has 0 fully saturated rings. The van der Waals surface area contributed by atoms with E-state index >= 15 is 0 Å². The summed E-state index contributed by atoms with van der Waals surface area (Å²) in [6.45, 7) is 3.55. The topological polar surface area (TPSA) is 49.8 Å². The minimum absolute atomic E-state index is 0.291. The van der Waals surface area contributed by atoms with Gasteiger partial charge in [-0.15, -0.1) is 6.58 Å². The SMILES string of the molecule is C=CCC(N)c1cc(F)cc(C#N)c1. The lowest BCUT2D eigenvalue weighted by atomic mass is 10.0. The second-order valence-electron chi connectivity index (χ2n) is 3.02. The fraction of sp³-hybridized carbons (Fsp3) is 0.182. The highest BCUT2D eigenvalue weighted by molar-refractivity contribution is 5.35. The van der Waals surface area contributed by atoms with Gasteiger partial charge in [-0.1, -0.05) is 6.08 Å². The second kappa shape index (κ2) is 4.54. The molecule has 2 nitrogen and oxygen atoms in total. The van der Waals surface area contributed by atoms with E-state index in [2.05, 4.69) is 6.58 Å². The van der Waals surface area contributed by atoms with Crippen molar-refractivity contribution in [2.24, 2.45) is 5.73 Å². The van der Waals surface area contributed by atoms with Crippen LogP contribution >= 0.6 is 0 Å². The van der Waals surface area contributed by atoms with Gasteiger partial charge in [-0.3, -0.25) is 0 Å². The fourth-order valence-corrected chi connectivity index (χ4v) is 1.21. The number of nitriles is 1. The Labute approximate surface area is 82.5 Å². The van der Waals surface area contributed by atoms with Gasteiger partial charge in [-0.25, -0.2) is 4.39 Å². The highest BCUT2D eigenvalue weighted by Gasteiger charge is 2.07. The molecule has 0 aliphatic rings. The van der Waals surface area contributed by atoms with E-state index in [1.807, 2.05) is 6.07 Å². The highest BCUT2D eigenvalue weighted by Crippen LogP contribution is 2.17. The van der Waals surface area contributed by atoms with Gasteiger partial charge >= 0.3 is 0 Å². The average Bonchev–Trinajstić information content (AvgIpc) is 2.17. The molecule has 0 bridgehead atoms. The van der Waals surface area contributed by atoms with Gasteiger partial charge in [0.15, 0.2) is 0 Å². The number of hydrogen-bond donors (Lipinski definition) is 1. The maximum atomic E-state index is 13.0. The standard InChI is InChI=1S/C11H11FN2/c1-2-3-11(14)9-4-8(7-13)5-10(12)6-9/h2,4-6,11H,1,3,14H2. The van der Waals surface area contributed by atoms with Crippen molar-refractivity contribution in [2.45, 2.75) is 12.5 Å². The van der Waals surface area contributed by atoms with Crippen LogP contribution < -0.4 is 5.73 Å². The minimum atomic E-state index is -0.432. The Balaban J connectivity index is 3.03. The molecule has 0 saturated heterocycles. The molecule has 1 aromatic rings. The summed E-state index contributed by atoms with van der Waals surface area (Å²) in [5.74, 6) is -0.432. The van der Waals surface area contributed by atoms with Crippen molar-refractivity contribution in [2.75, 3.05) is 0 Å². The van der Waals surface area contributed by atoms with Crippen molar-refractivity contribution in [3.8, 4) is 6.07 Å². The first-order chi connectivity index (χ1) is 6.67. The lowest BCUT2D eigenvalue weighted by Crippen LogP contribution is -2.09. The van der Waals surface area contributed by atoms with Crippen LogP contribution in [-0.2, 0) is 0 Å². The van der Waals surface area contributed by atoms with Gasteiger partial charge in [-0.2, -0.15) is 5.26 Å². The first-order valence-corrected chi connectivity index (χ1v) is 4.24. The van der Waals surface area contributed by atoms with E-state index in [9.17, 15) is 4.39 Å². The van der Waals surface area contributed by atoms with E-state index in [0.29, 0.717) is 17.5 Å². The quantitative estimate of drug-likeness (QED) is 0.743. The highest BCUT2D eigenvalue weighted by atomic mass is 19.1. The van der Waals surface area contributed by atoms with Crippen LogP contribution in [0.1, 0.15) is 23.6 Å². The summed E-state index contributed by atoms with van der Waals surface area (Å²) in [6.07, 6.45) is 2.23. The number of nitrogens with zero attached hydrogens (tertiary/aromatic N) is 1. The molecule has 1 unspecified atom stereocenters. The molecule has 0 amide bonds. The zero-order valence-electron chi connectivity index (χ0n) is 7.70. The fourth-order valence-electron chi connectivity index (χ4n) is 1.21. The largest absolute Gasteiger partial charge is 0.324 e. The molecule has 0 spiro atoms. The molecular weight excluding hydrogens is 179 g/mol. The predicted octanol–water partition coefficient (Wildman–Crippen LogP) is 2.27. The molecule has 0 saturated carbocycles. The van der Waals surface area contributed by atoms with Crippen molar-refractivity contribution in [1.82, 2.24) is 0 Å². The monoisotopic (exact) mass is 190 g/mol. The molecule has 1 aromatic carbocycles. The summed E-state index contributed by atoms with van der Waals surface area (Å²) in [7, 11) is 0. The Morgan fingerprint density at radius 1 is 1.57 bits per heavy atom. The normalized spacial score (nSPS) is 11.8. The van der Waals surface area contributed by atoms with Gasteiger partial charge in [-0.05, 0) is 30.2 Å². The lowest BCUT2D eigenvalue weighted by Gasteiger charge is -2.09. The Kier molecular flexibility index (Phi) is 3.38. The molecule has 72 valence electrons. The maximum absolute atomic E-state index is 13.0. The molecule has 14 heavy (non-hydrogen) atoms. The van der Waals surface area contributed by atoms with Crippen LogP contribution in [0.3, 0.4) is 0 Å². The Bertz CT molecular complexity index is 379. The molecular formula is C11H11FN2. The Morgan fingerprint density at radius 2 is 2.29 bits per heavy atom. The van der Waals surface area contributed by atoms with Gasteiger partial charge in [0.2, 0.25) is 0 Å². The number of halogens is 1. The minimum Gasteiger partial charge on any atom is -0.324 e. The maximum Gasteiger partial charge on any atom is 0.124 e. The van der Waals surface area contributed by atoms with Crippen molar-refractivity contribution in [3.63, 3.8) is 0 Å². The molecule has 0 aliphatic heterocycles. The van der Waals surface area contributed by atoms with Crippen LogP contribution in [0.5, 0.6) is 0 Å². The number of benzene rings is 1. The first kappa shape index (κ1) is 10.4. The molecule has 0 radical (unpaired) electrons. The zero-order chi connectivity index (χ0) is 10.6. The molecule has 1 rings (SSSR count). The van der Waals surface area contributed by atoms with Gasteiger partial charge in [0.1, 0.15) is 5.82 Å². The molecule has 0 aromatic heterocycles. The van der Waals surface area contributed by atoms with Crippen molar-refractivity contribution in [3.05, 3.63) is 47.8 Å². The Hall–Kier alpha value is -1.66. The van der Waals surface area contributed by atoms with E-state index < -0.39 is 5.82 Å². The summed E-state index contributed by atoms with van der Waals surface area (Å²) in [6, 6.07) is 5.71. The molecule has 1 atom stereocenters. The van der Waals surface area contributed by atoms with Crippen LogP contribution in [0, 0.1) is 17.1 Å². The van der Waals surface area contributed by atoms with E-state index in [4.69, 9.17) is 11.0 Å². The summed E-state index contributed by atoms with van der Waals surface area (Å²) in [5, 5.41) is 8.62. The molecule has 2 N–H and O–H groups in total. The van der Waals surface area contributed by atoms with Gasteiger partial charge in [0.25, 0.3) is 0 Å². The van der Waals surface area contributed by atoms with Crippen molar-refractivity contribution in [1.29, 1.82) is 5.26 Å². The summed E-state index contributed by atoms with van der Waals surface area (Å²) < 4.78 is 13.0. The van der Waals surface area contributed by atoms with Crippen molar-refractivity contribution < 1.29 is 4.39 Å². The van der Waals surface area contributed by atoms with E-state index in [1.165, 1.54) is 12.1 Å². The van der Waals surface area contributed by atoms with Crippen LogP contribution in [0.2, 0.25) is 0 Å². The lowest BCUT2D eigenvalue weighted by molar-refractivity contribution is 0.619. The van der Waals surface area contributed by atoms with E-state index in [1.54, 1.807) is 12.1 Å². The van der Waals surface area contributed by atoms with E-state index in [-0.39, 0.29) is 6.04 Å². The van der Waals surface area contributed by atoms with Crippen LogP contribution in [0.4, 0.5) is 4.39 Å². The number of rotatable bonds is 3. The summed E-state index contributed by atoms with van der Waals surface area (Å²) in [4.78, 5) is 0. The smallest absolute Gasteiger partial charge is 0.124 e. The van der Waals surface area contributed by atoms with Gasteiger partial charge in [0.05, 0.1) is 11.6 Å². The summed E-state index contributed by atoms with van der Waals surface area (Å²) >= 11 is 0. The van der Waals surface area contributed by atoms with Crippen LogP contribution in [0.25, 0.3) is 0 Å². The number of hydrogen-bond acceptors (Lipinski definition) is 2. The third-order valence-electron chi connectivity index (χ3n) is 1.90. The molecule has 0 aliphatic carbocycles. The third-order valence-corrected chi connectivity index (χ3v) is 1.90. The van der Waals surface area contributed by atoms with Gasteiger partial charge in [0, 0.05) is 6.04 Å². The predicted molar refractivity (Wildman–Crippen MR) is 52.9 cm³/mol. The van der Waals surface area contributed by atoms with Crippen LogP contribution in [-0.4, -0.2) is 0 Å². The second-order valence-corrected chi connectivity index (χ2v) is 3.02. The number of nitrogens with two attached hydrogens (primary N) is 1. The van der Waals surface area contributed by atoms with Crippen LogP contribution in [0.15, 0.2) is 30.9 Å². The average molecular weight is 190 g/mol. The molecule has 0 heterocycles. The Morgan fingerprint density at radius 3 is 2.86 bits per heavy atom. The zero-order valence-corrected chi connectivity index (χ0v) is 7.70. The first-order valence-electron chi connectivity index (χ1n) is 4.24. The van der Waals surface area contributed by atoms with Crippen molar-refractivity contribution >= 4 is 0 Å². The van der Waals surface area contributed by atoms with E-state index in [0.717, 1.165) is 0 Å².